The minimum absolute atomic E-state index is 0.282. The molecule has 23 heavy (non-hydrogen) atoms. The normalized spacial score (nSPS) is 12.1. The zero-order valence-corrected chi connectivity index (χ0v) is 14.0. The van der Waals surface area contributed by atoms with Crippen LogP contribution in [0.1, 0.15) is 18.1 Å². The Morgan fingerprint density at radius 2 is 1.52 bits per heavy atom. The molecule has 2 rings (SSSR count). The van der Waals surface area contributed by atoms with Crippen molar-refractivity contribution in [1.29, 1.82) is 0 Å². The molecule has 0 saturated carbocycles. The Morgan fingerprint density at radius 1 is 0.957 bits per heavy atom. The molecule has 0 aliphatic heterocycles. The van der Waals surface area contributed by atoms with E-state index in [9.17, 15) is 8.42 Å². The Hall–Kier alpha value is -1.95. The van der Waals surface area contributed by atoms with Gasteiger partial charge >= 0.3 is 0 Å². The average Bonchev–Trinajstić information content (AvgIpc) is 2.58. The van der Waals surface area contributed by atoms with E-state index in [1.165, 1.54) is 4.31 Å². The Balaban J connectivity index is 2.09. The van der Waals surface area contributed by atoms with Crippen LogP contribution in [-0.4, -0.2) is 19.3 Å². The summed E-state index contributed by atoms with van der Waals surface area (Å²) in [6, 6.07) is 19.1. The maximum atomic E-state index is 12.6. The minimum Gasteiger partial charge on any atom is -0.198 e. The smallest absolute Gasteiger partial charge is 0.198 e. The fourth-order valence-electron chi connectivity index (χ4n) is 2.12. The highest BCUT2D eigenvalue weighted by Crippen LogP contribution is 2.09. The third-order valence-corrected chi connectivity index (χ3v) is 4.86. The number of allylic oxidation sites excluding steroid dienone is 1. The summed E-state index contributed by atoms with van der Waals surface area (Å²) in [5.74, 6) is 0. The van der Waals surface area contributed by atoms with Gasteiger partial charge in [-0.1, -0.05) is 72.8 Å². The highest BCUT2D eigenvalue weighted by Gasteiger charge is 2.20. The van der Waals surface area contributed by atoms with Crippen LogP contribution >= 0.6 is 0 Å². The van der Waals surface area contributed by atoms with E-state index in [0.717, 1.165) is 11.1 Å². The Labute approximate surface area is 138 Å². The molecule has 0 amide bonds. The third kappa shape index (κ3) is 5.63. The minimum atomic E-state index is -3.56. The van der Waals surface area contributed by atoms with Crippen molar-refractivity contribution in [2.75, 3.05) is 6.54 Å². The molecule has 0 radical (unpaired) electrons. The van der Waals surface area contributed by atoms with Gasteiger partial charge in [-0.2, -0.15) is 17.4 Å². The van der Waals surface area contributed by atoms with Crippen molar-refractivity contribution in [3.8, 4) is 0 Å². The van der Waals surface area contributed by atoms with Crippen LogP contribution in [0.5, 0.6) is 0 Å². The Kier molecular flexibility index (Phi) is 6.52. The van der Waals surface area contributed by atoms with E-state index in [1.54, 1.807) is 0 Å². The van der Waals surface area contributed by atoms with Gasteiger partial charge in [0.2, 0.25) is 0 Å². The highest BCUT2D eigenvalue weighted by molar-refractivity contribution is 7.87. The van der Waals surface area contributed by atoms with Crippen LogP contribution in [0.15, 0.2) is 72.8 Å². The quantitative estimate of drug-likeness (QED) is 0.756. The van der Waals surface area contributed by atoms with E-state index in [-0.39, 0.29) is 6.54 Å². The van der Waals surface area contributed by atoms with Crippen molar-refractivity contribution in [2.24, 2.45) is 0 Å². The number of benzene rings is 2. The molecule has 0 heterocycles. The summed E-state index contributed by atoms with van der Waals surface area (Å²) in [5, 5.41) is 0. The molecular formula is C18H22N2O2S. The number of nitrogens with zero attached hydrogens (tertiary/aromatic N) is 1. The zero-order valence-electron chi connectivity index (χ0n) is 13.2. The second kappa shape index (κ2) is 8.62. The summed E-state index contributed by atoms with van der Waals surface area (Å²) in [6.07, 6.45) is 3.69. The van der Waals surface area contributed by atoms with Crippen LogP contribution < -0.4 is 4.72 Å². The van der Waals surface area contributed by atoms with Crippen LogP contribution in [0.2, 0.25) is 0 Å². The fourth-order valence-corrected chi connectivity index (χ4v) is 3.25. The van der Waals surface area contributed by atoms with E-state index < -0.39 is 10.2 Å². The topological polar surface area (TPSA) is 49.4 Å². The Morgan fingerprint density at radius 3 is 2.09 bits per heavy atom. The van der Waals surface area contributed by atoms with Crippen LogP contribution in [0.3, 0.4) is 0 Å². The predicted octanol–water partition coefficient (Wildman–Crippen LogP) is 3.10. The van der Waals surface area contributed by atoms with Crippen molar-refractivity contribution in [3.05, 3.63) is 83.9 Å². The maximum absolute atomic E-state index is 12.6. The van der Waals surface area contributed by atoms with E-state index >= 15 is 0 Å². The van der Waals surface area contributed by atoms with Crippen molar-refractivity contribution in [1.82, 2.24) is 9.03 Å². The van der Waals surface area contributed by atoms with Gasteiger partial charge in [0.15, 0.2) is 0 Å². The molecule has 0 atom stereocenters. The van der Waals surface area contributed by atoms with Gasteiger partial charge in [-0.05, 0) is 18.1 Å². The van der Waals surface area contributed by atoms with Gasteiger partial charge in [0.05, 0.1) is 0 Å². The molecule has 0 saturated heterocycles. The van der Waals surface area contributed by atoms with Gasteiger partial charge in [0.1, 0.15) is 0 Å². The zero-order chi connectivity index (χ0) is 16.5. The van der Waals surface area contributed by atoms with Crippen LogP contribution in [0, 0.1) is 0 Å². The van der Waals surface area contributed by atoms with E-state index in [2.05, 4.69) is 4.72 Å². The molecule has 0 aliphatic rings. The summed E-state index contributed by atoms with van der Waals surface area (Å²) in [5.41, 5.74) is 1.89. The molecule has 0 bridgehead atoms. The molecule has 0 spiro atoms. The van der Waals surface area contributed by atoms with Crippen molar-refractivity contribution < 1.29 is 8.42 Å². The molecule has 2 aromatic rings. The first-order chi connectivity index (χ1) is 11.1. The molecule has 0 aliphatic carbocycles. The summed E-state index contributed by atoms with van der Waals surface area (Å²) >= 11 is 0. The van der Waals surface area contributed by atoms with E-state index in [1.807, 2.05) is 79.7 Å². The lowest BCUT2D eigenvalue weighted by atomic mass is 10.2. The molecule has 5 heteroatoms. The average molecular weight is 330 g/mol. The monoisotopic (exact) mass is 330 g/mol. The Bertz CT molecular complexity index is 713. The van der Waals surface area contributed by atoms with E-state index in [4.69, 9.17) is 0 Å². The van der Waals surface area contributed by atoms with Crippen LogP contribution in [0.25, 0.3) is 0 Å². The first-order valence-corrected chi connectivity index (χ1v) is 8.99. The first-order valence-electron chi connectivity index (χ1n) is 7.55. The third-order valence-electron chi connectivity index (χ3n) is 3.39. The number of hydrogen-bond acceptors (Lipinski definition) is 2. The maximum Gasteiger partial charge on any atom is 0.280 e. The second-order valence-electron chi connectivity index (χ2n) is 5.16. The first kappa shape index (κ1) is 17.4. The van der Waals surface area contributed by atoms with Gasteiger partial charge in [0, 0.05) is 19.6 Å². The molecule has 2 aromatic carbocycles. The van der Waals surface area contributed by atoms with Crippen molar-refractivity contribution >= 4 is 10.2 Å². The summed E-state index contributed by atoms with van der Waals surface area (Å²) in [6.45, 7) is 2.85. The van der Waals surface area contributed by atoms with Gasteiger partial charge in [-0.3, -0.25) is 0 Å². The van der Waals surface area contributed by atoms with Gasteiger partial charge in [-0.15, -0.1) is 0 Å². The number of rotatable bonds is 8. The van der Waals surface area contributed by atoms with E-state index in [0.29, 0.717) is 13.1 Å². The van der Waals surface area contributed by atoms with Gasteiger partial charge in [0.25, 0.3) is 10.2 Å². The lowest BCUT2D eigenvalue weighted by molar-refractivity contribution is 0.428. The number of hydrogen-bond donors (Lipinski definition) is 1. The highest BCUT2D eigenvalue weighted by atomic mass is 32.2. The van der Waals surface area contributed by atoms with Gasteiger partial charge < -0.3 is 0 Å². The standard InChI is InChI=1S/C18H22N2O2S/c1-2-3-14-20(16-18-12-8-5-9-13-18)23(21,22)19-15-17-10-6-4-7-11-17/h2-13,19H,14-16H2,1H3/b3-2+. The largest absolute Gasteiger partial charge is 0.280 e. The molecular weight excluding hydrogens is 308 g/mol. The second-order valence-corrected chi connectivity index (χ2v) is 6.91. The van der Waals surface area contributed by atoms with Gasteiger partial charge in [-0.25, -0.2) is 0 Å². The molecule has 0 fully saturated rings. The molecule has 4 nitrogen and oxygen atoms in total. The summed E-state index contributed by atoms with van der Waals surface area (Å²) in [7, 11) is -3.56. The fraction of sp³-hybridized carbons (Fsp3) is 0.222. The summed E-state index contributed by atoms with van der Waals surface area (Å²) < 4.78 is 29.3. The molecule has 0 aromatic heterocycles. The SMILES string of the molecule is C/C=C/CN(Cc1ccccc1)S(=O)(=O)NCc1ccccc1. The van der Waals surface area contributed by atoms with Crippen LogP contribution in [-0.2, 0) is 23.3 Å². The van der Waals surface area contributed by atoms with Crippen molar-refractivity contribution in [2.45, 2.75) is 20.0 Å². The molecule has 122 valence electrons. The van der Waals surface area contributed by atoms with Crippen LogP contribution in [0.4, 0.5) is 0 Å². The lowest BCUT2D eigenvalue weighted by Crippen LogP contribution is -2.40. The molecule has 0 unspecified atom stereocenters. The summed E-state index contributed by atoms with van der Waals surface area (Å²) in [4.78, 5) is 0. The number of nitrogens with one attached hydrogen (secondary N) is 1. The van der Waals surface area contributed by atoms with Crippen molar-refractivity contribution in [3.63, 3.8) is 0 Å². The predicted molar refractivity (Wildman–Crippen MR) is 93.9 cm³/mol. The lowest BCUT2D eigenvalue weighted by Gasteiger charge is -2.21. The molecule has 1 N–H and O–H groups in total.